The molecule has 3 nitrogen and oxygen atoms in total. The van der Waals surface area contributed by atoms with Crippen molar-refractivity contribution >= 4 is 27.3 Å². The summed E-state index contributed by atoms with van der Waals surface area (Å²) in [6.45, 7) is 3.49. The summed E-state index contributed by atoms with van der Waals surface area (Å²) in [4.78, 5) is 1.20. The molecule has 1 unspecified atom stereocenters. The summed E-state index contributed by atoms with van der Waals surface area (Å²) in [5.74, 6) is 0. The van der Waals surface area contributed by atoms with Gasteiger partial charge < -0.3 is 15.2 Å². The molecule has 0 aliphatic rings. The third kappa shape index (κ3) is 4.41. The Morgan fingerprint density at radius 3 is 2.94 bits per heavy atom. The molecule has 0 saturated heterocycles. The van der Waals surface area contributed by atoms with Gasteiger partial charge in [-0.05, 0) is 28.4 Å². The Kier molecular flexibility index (Phi) is 6.34. The van der Waals surface area contributed by atoms with Gasteiger partial charge in [0.05, 0.1) is 17.7 Å². The highest BCUT2D eigenvalue weighted by Crippen LogP contribution is 2.34. The molecule has 1 heterocycles. The lowest BCUT2D eigenvalue weighted by Gasteiger charge is -2.09. The minimum absolute atomic E-state index is 0.240. The highest BCUT2D eigenvalue weighted by Gasteiger charge is 2.07. The average molecular weight is 308 g/mol. The molecule has 1 aromatic heterocycles. The van der Waals surface area contributed by atoms with Gasteiger partial charge in [0.2, 0.25) is 0 Å². The van der Waals surface area contributed by atoms with Crippen LogP contribution >= 0.6 is 27.3 Å². The van der Waals surface area contributed by atoms with Crippen LogP contribution in [0, 0.1) is 0 Å². The fraction of sp³-hybridized carbons (Fsp3) is 0.636. The van der Waals surface area contributed by atoms with Crippen LogP contribution < -0.4 is 10.1 Å². The van der Waals surface area contributed by atoms with Gasteiger partial charge in [-0.1, -0.05) is 13.3 Å². The third-order valence-electron chi connectivity index (χ3n) is 2.19. The number of methoxy groups -OCH3 is 1. The van der Waals surface area contributed by atoms with Crippen molar-refractivity contribution in [3.8, 4) is 5.06 Å². The van der Waals surface area contributed by atoms with Crippen molar-refractivity contribution in [1.82, 2.24) is 5.32 Å². The molecular weight excluding hydrogens is 290 g/mol. The van der Waals surface area contributed by atoms with Gasteiger partial charge in [0, 0.05) is 18.0 Å². The van der Waals surface area contributed by atoms with Gasteiger partial charge in [-0.25, -0.2) is 0 Å². The minimum Gasteiger partial charge on any atom is -0.486 e. The van der Waals surface area contributed by atoms with E-state index in [1.54, 1.807) is 18.4 Å². The van der Waals surface area contributed by atoms with Gasteiger partial charge in [0.25, 0.3) is 0 Å². The number of ether oxygens (including phenoxy) is 1. The molecule has 0 saturated carbocycles. The van der Waals surface area contributed by atoms with Gasteiger partial charge in [0.1, 0.15) is 0 Å². The Morgan fingerprint density at radius 1 is 1.62 bits per heavy atom. The fourth-order valence-electron chi connectivity index (χ4n) is 1.42. The van der Waals surface area contributed by atoms with Crippen LogP contribution in [-0.2, 0) is 6.54 Å². The Bertz CT molecular complexity index is 317. The van der Waals surface area contributed by atoms with Crippen LogP contribution in [0.15, 0.2) is 10.5 Å². The first kappa shape index (κ1) is 14.0. The van der Waals surface area contributed by atoms with E-state index < -0.39 is 0 Å². The zero-order valence-corrected chi connectivity index (χ0v) is 12.0. The van der Waals surface area contributed by atoms with E-state index >= 15 is 0 Å². The number of aliphatic hydroxyl groups excluding tert-OH is 1. The number of hydrogen-bond donors (Lipinski definition) is 2. The monoisotopic (exact) mass is 307 g/mol. The Balaban J connectivity index is 2.31. The molecule has 0 aliphatic heterocycles. The molecule has 0 amide bonds. The molecule has 0 aliphatic carbocycles. The van der Waals surface area contributed by atoms with Crippen LogP contribution in [0.3, 0.4) is 0 Å². The molecule has 5 heteroatoms. The number of hydrogen-bond acceptors (Lipinski definition) is 4. The fourth-order valence-corrected chi connectivity index (χ4v) is 3.08. The smallest absolute Gasteiger partial charge is 0.188 e. The summed E-state index contributed by atoms with van der Waals surface area (Å²) in [6, 6.07) is 2.04. The lowest BCUT2D eigenvalue weighted by Crippen LogP contribution is -2.25. The highest BCUT2D eigenvalue weighted by molar-refractivity contribution is 9.10. The van der Waals surface area contributed by atoms with Crippen molar-refractivity contribution in [2.45, 2.75) is 32.4 Å². The minimum atomic E-state index is -0.240. The molecule has 0 fully saturated rings. The maximum atomic E-state index is 9.54. The first-order valence-corrected chi connectivity index (χ1v) is 6.99. The SMILES string of the molecule is CCCC(O)CNCc1cc(Br)c(OC)s1. The van der Waals surface area contributed by atoms with Crippen LogP contribution in [0.5, 0.6) is 5.06 Å². The number of aliphatic hydroxyl groups is 1. The van der Waals surface area contributed by atoms with Crippen LogP contribution in [0.25, 0.3) is 0 Å². The van der Waals surface area contributed by atoms with E-state index in [0.29, 0.717) is 6.54 Å². The summed E-state index contributed by atoms with van der Waals surface area (Å²) in [5.41, 5.74) is 0. The maximum Gasteiger partial charge on any atom is 0.188 e. The summed E-state index contributed by atoms with van der Waals surface area (Å²) < 4.78 is 6.18. The van der Waals surface area contributed by atoms with E-state index in [9.17, 15) is 5.11 Å². The summed E-state index contributed by atoms with van der Waals surface area (Å²) in [6.07, 6.45) is 1.63. The molecule has 1 rings (SSSR count). The molecule has 0 bridgehead atoms. The molecule has 0 spiro atoms. The second-order valence-corrected chi connectivity index (χ2v) is 5.58. The largest absolute Gasteiger partial charge is 0.486 e. The molecule has 2 N–H and O–H groups in total. The van der Waals surface area contributed by atoms with E-state index in [4.69, 9.17) is 4.74 Å². The van der Waals surface area contributed by atoms with Gasteiger partial charge in [-0.3, -0.25) is 0 Å². The lowest BCUT2D eigenvalue weighted by atomic mass is 10.2. The molecule has 0 radical (unpaired) electrons. The van der Waals surface area contributed by atoms with Crippen molar-refractivity contribution in [3.63, 3.8) is 0 Å². The lowest BCUT2D eigenvalue weighted by molar-refractivity contribution is 0.160. The molecule has 1 aromatic rings. The van der Waals surface area contributed by atoms with Crippen LogP contribution in [0.1, 0.15) is 24.6 Å². The normalized spacial score (nSPS) is 12.8. The zero-order chi connectivity index (χ0) is 12.0. The molecule has 16 heavy (non-hydrogen) atoms. The van der Waals surface area contributed by atoms with Gasteiger partial charge in [-0.15, -0.1) is 11.3 Å². The van der Waals surface area contributed by atoms with Crippen molar-refractivity contribution in [3.05, 3.63) is 15.4 Å². The third-order valence-corrected chi connectivity index (χ3v) is 4.14. The number of thiophene rings is 1. The van der Waals surface area contributed by atoms with Gasteiger partial charge in [-0.2, -0.15) is 0 Å². The Morgan fingerprint density at radius 2 is 2.38 bits per heavy atom. The first-order chi connectivity index (χ1) is 7.67. The molecule has 0 aromatic carbocycles. The summed E-state index contributed by atoms with van der Waals surface area (Å²) in [5, 5.41) is 13.7. The Hall–Kier alpha value is -0.100. The second-order valence-electron chi connectivity index (χ2n) is 3.63. The molecule has 92 valence electrons. The predicted molar refractivity (Wildman–Crippen MR) is 71.2 cm³/mol. The van der Waals surface area contributed by atoms with Gasteiger partial charge in [0.15, 0.2) is 5.06 Å². The topological polar surface area (TPSA) is 41.5 Å². The van der Waals surface area contributed by atoms with E-state index in [0.717, 1.165) is 28.9 Å². The van der Waals surface area contributed by atoms with Gasteiger partial charge >= 0.3 is 0 Å². The van der Waals surface area contributed by atoms with E-state index in [1.807, 2.05) is 6.07 Å². The average Bonchev–Trinajstić information content (AvgIpc) is 2.59. The van der Waals surface area contributed by atoms with E-state index in [1.165, 1.54) is 4.88 Å². The summed E-state index contributed by atoms with van der Waals surface area (Å²) in [7, 11) is 1.67. The van der Waals surface area contributed by atoms with Crippen molar-refractivity contribution in [1.29, 1.82) is 0 Å². The second kappa shape index (κ2) is 7.27. The maximum absolute atomic E-state index is 9.54. The van der Waals surface area contributed by atoms with E-state index in [2.05, 4.69) is 28.2 Å². The zero-order valence-electron chi connectivity index (χ0n) is 9.62. The van der Waals surface area contributed by atoms with Crippen molar-refractivity contribution in [2.24, 2.45) is 0 Å². The van der Waals surface area contributed by atoms with Crippen molar-refractivity contribution in [2.75, 3.05) is 13.7 Å². The molecule has 1 atom stereocenters. The van der Waals surface area contributed by atoms with Crippen LogP contribution in [-0.4, -0.2) is 24.9 Å². The standard InChI is InChI=1S/C11H18BrNO2S/c1-3-4-8(14)6-13-7-9-5-10(12)11(15-2)16-9/h5,8,13-14H,3-4,6-7H2,1-2H3. The summed E-state index contributed by atoms with van der Waals surface area (Å²) >= 11 is 5.04. The van der Waals surface area contributed by atoms with E-state index in [-0.39, 0.29) is 6.10 Å². The number of rotatable bonds is 7. The number of halogens is 1. The predicted octanol–water partition coefficient (Wildman–Crippen LogP) is 2.77. The van der Waals surface area contributed by atoms with Crippen LogP contribution in [0.2, 0.25) is 0 Å². The highest BCUT2D eigenvalue weighted by atomic mass is 79.9. The van der Waals surface area contributed by atoms with Crippen LogP contribution in [0.4, 0.5) is 0 Å². The first-order valence-electron chi connectivity index (χ1n) is 5.38. The molecular formula is C11H18BrNO2S. The quantitative estimate of drug-likeness (QED) is 0.814. The Labute approximate surface area is 109 Å². The van der Waals surface area contributed by atoms with Crippen molar-refractivity contribution < 1.29 is 9.84 Å². The number of nitrogens with one attached hydrogen (secondary N) is 1.